The lowest BCUT2D eigenvalue weighted by molar-refractivity contribution is -0.142. The summed E-state index contributed by atoms with van der Waals surface area (Å²) in [5, 5.41) is 31.9. The number of aliphatic imine (C=N–C) groups is 1. The second-order valence-corrected chi connectivity index (χ2v) is 12.4. The van der Waals surface area contributed by atoms with Crippen LogP contribution in [-0.4, -0.2) is 114 Å². The van der Waals surface area contributed by atoms with Crippen LogP contribution in [0.5, 0.6) is 5.75 Å². The first-order valence-electron chi connectivity index (χ1n) is 17.0. The van der Waals surface area contributed by atoms with E-state index in [2.05, 4.69) is 44.2 Å². The van der Waals surface area contributed by atoms with Crippen LogP contribution in [0.4, 0.5) is 0 Å². The molecule has 0 bridgehead atoms. The summed E-state index contributed by atoms with van der Waals surface area (Å²) in [4.78, 5) is 81.3. The number of benzene rings is 1. The Kier molecular flexibility index (Phi) is 22.1. The zero-order chi connectivity index (χ0) is 39.1. The molecule has 1 aromatic carbocycles. The molecule has 17 N–H and O–H groups in total. The van der Waals surface area contributed by atoms with Gasteiger partial charge in [-0.05, 0) is 82.2 Å². The third-order valence-electron chi connectivity index (χ3n) is 7.70. The van der Waals surface area contributed by atoms with Crippen LogP contribution in [-0.2, 0) is 35.2 Å². The first-order valence-corrected chi connectivity index (χ1v) is 17.7. The third kappa shape index (κ3) is 18.5. The number of nitrogens with one attached hydrogen (secondary N) is 5. The van der Waals surface area contributed by atoms with Gasteiger partial charge in [-0.25, -0.2) is 4.79 Å². The highest BCUT2D eigenvalue weighted by molar-refractivity contribution is 7.80. The maximum atomic E-state index is 13.6. The van der Waals surface area contributed by atoms with Crippen molar-refractivity contribution in [3.63, 3.8) is 0 Å². The highest BCUT2D eigenvalue weighted by Gasteiger charge is 2.30. The van der Waals surface area contributed by atoms with Crippen molar-refractivity contribution in [2.45, 2.75) is 88.0 Å². The van der Waals surface area contributed by atoms with Crippen LogP contribution in [0, 0.1) is 0 Å². The summed E-state index contributed by atoms with van der Waals surface area (Å²) in [5.74, 6) is -5.00. The van der Waals surface area contributed by atoms with E-state index < -0.39 is 72.3 Å². The topological polar surface area (TPSA) is 345 Å². The molecule has 292 valence electrons. The minimum atomic E-state index is -1.24. The standard InChI is InChI=1S/C32H55N11O8S/c33-13-3-1-6-23(30(49)42-24(31(50)51)7-2-4-14-34)41-29(48)22(8-5-15-38-32(36)37)40-26(45)17-39-28(47)25(43-27(46)21(35)18-52)16-19-9-11-20(44)12-10-19/h9-12,21-25,44,52H,1-8,13-18,33-35H2,(H,39,47)(H,40,45)(H,41,48)(H,42,49)(H,43,46)(H,50,51)(H4,36,37,38)/t21-,22-,23-,24-,25-/m0/s1. The van der Waals surface area contributed by atoms with Crippen LogP contribution >= 0.6 is 12.6 Å². The number of aliphatic carboxylic acids is 1. The number of phenols is 1. The van der Waals surface area contributed by atoms with Crippen molar-refractivity contribution in [1.82, 2.24) is 26.6 Å². The highest BCUT2D eigenvalue weighted by Crippen LogP contribution is 2.12. The Bertz CT molecular complexity index is 1330. The molecule has 1 rings (SSSR count). The Hall–Kier alpha value is -4.66. The van der Waals surface area contributed by atoms with Crippen LogP contribution in [0.3, 0.4) is 0 Å². The van der Waals surface area contributed by atoms with Crippen LogP contribution in [0.2, 0.25) is 0 Å². The van der Waals surface area contributed by atoms with Gasteiger partial charge in [-0.3, -0.25) is 29.0 Å². The number of aromatic hydroxyl groups is 1. The van der Waals surface area contributed by atoms with E-state index in [0.29, 0.717) is 44.3 Å². The van der Waals surface area contributed by atoms with Crippen LogP contribution in [0.15, 0.2) is 29.3 Å². The zero-order valence-electron chi connectivity index (χ0n) is 29.2. The molecule has 1 aromatic rings. The Morgan fingerprint density at radius 3 is 1.77 bits per heavy atom. The predicted molar refractivity (Wildman–Crippen MR) is 198 cm³/mol. The molecule has 5 atom stereocenters. The van der Waals surface area contributed by atoms with Gasteiger partial charge in [0.25, 0.3) is 0 Å². The van der Waals surface area contributed by atoms with E-state index in [1.807, 2.05) is 0 Å². The molecule has 5 amide bonds. The second-order valence-electron chi connectivity index (χ2n) is 12.0. The molecule has 19 nitrogen and oxygen atoms in total. The van der Waals surface area contributed by atoms with E-state index in [0.717, 1.165) is 0 Å². The van der Waals surface area contributed by atoms with Gasteiger partial charge in [-0.1, -0.05) is 12.1 Å². The largest absolute Gasteiger partial charge is 0.508 e. The van der Waals surface area contributed by atoms with Gasteiger partial charge >= 0.3 is 5.97 Å². The summed E-state index contributed by atoms with van der Waals surface area (Å²) in [6.07, 6.45) is 2.54. The smallest absolute Gasteiger partial charge is 0.326 e. The number of amides is 5. The zero-order valence-corrected chi connectivity index (χ0v) is 30.1. The molecular formula is C32H55N11O8S. The predicted octanol–water partition coefficient (Wildman–Crippen LogP) is -3.36. The number of nitrogens with zero attached hydrogens (tertiary/aromatic N) is 1. The Morgan fingerprint density at radius 1 is 0.712 bits per heavy atom. The van der Waals surface area contributed by atoms with Crippen LogP contribution < -0.4 is 55.3 Å². The van der Waals surface area contributed by atoms with Crippen LogP contribution in [0.25, 0.3) is 0 Å². The maximum Gasteiger partial charge on any atom is 0.326 e. The molecule has 0 aromatic heterocycles. The van der Waals surface area contributed by atoms with E-state index in [4.69, 9.17) is 28.7 Å². The SMILES string of the molecule is NCCCC[C@H](NC(=O)[C@H](CCCCN)NC(=O)[C@H](CCCN=C(N)N)NC(=O)CNC(=O)[C@H](Cc1ccc(O)cc1)NC(=O)[C@@H](N)CS)C(=O)O. The average molecular weight is 754 g/mol. The normalized spacial score (nSPS) is 13.7. The number of carbonyl (C=O) groups excluding carboxylic acids is 5. The number of carboxylic acid groups (broad SMARTS) is 1. The van der Waals surface area contributed by atoms with Gasteiger partial charge in [0.05, 0.1) is 12.6 Å². The summed E-state index contributed by atoms with van der Waals surface area (Å²) in [7, 11) is 0. The molecular weight excluding hydrogens is 698 g/mol. The van der Waals surface area contributed by atoms with Crippen molar-refractivity contribution in [3.05, 3.63) is 29.8 Å². The summed E-state index contributed by atoms with van der Waals surface area (Å²) in [6, 6.07) is 0.208. The lowest BCUT2D eigenvalue weighted by Gasteiger charge is -2.25. The van der Waals surface area contributed by atoms with Gasteiger partial charge in [-0.15, -0.1) is 0 Å². The average Bonchev–Trinajstić information content (AvgIpc) is 3.10. The van der Waals surface area contributed by atoms with Crippen molar-refractivity contribution in [2.24, 2.45) is 33.7 Å². The fourth-order valence-corrected chi connectivity index (χ4v) is 4.97. The van der Waals surface area contributed by atoms with Crippen molar-refractivity contribution < 1.29 is 39.0 Å². The summed E-state index contributed by atoms with van der Waals surface area (Å²) < 4.78 is 0. The summed E-state index contributed by atoms with van der Waals surface area (Å²) in [5.41, 5.74) is 28.3. The molecule has 0 fully saturated rings. The molecule has 0 aliphatic heterocycles. The minimum absolute atomic E-state index is 0.00203. The quantitative estimate of drug-likeness (QED) is 0.0191. The number of carbonyl (C=O) groups is 6. The summed E-state index contributed by atoms with van der Waals surface area (Å²) in [6.45, 7) is 0.214. The molecule has 0 saturated carbocycles. The fraction of sp³-hybridized carbons (Fsp3) is 0.594. The number of phenolic OH excluding ortho intramolecular Hbond substituents is 1. The molecule has 52 heavy (non-hydrogen) atoms. The molecule has 0 aliphatic rings. The maximum absolute atomic E-state index is 13.6. The van der Waals surface area contributed by atoms with Crippen molar-refractivity contribution in [2.75, 3.05) is 31.9 Å². The Morgan fingerprint density at radius 2 is 1.23 bits per heavy atom. The lowest BCUT2D eigenvalue weighted by Crippen LogP contribution is -2.57. The van der Waals surface area contributed by atoms with E-state index in [-0.39, 0.29) is 56.1 Å². The number of guanidine groups is 1. The second kappa shape index (κ2) is 25.3. The molecule has 0 heterocycles. The highest BCUT2D eigenvalue weighted by atomic mass is 32.1. The molecule has 0 unspecified atom stereocenters. The van der Waals surface area contributed by atoms with Crippen molar-refractivity contribution in [3.8, 4) is 5.75 Å². The number of rotatable bonds is 26. The van der Waals surface area contributed by atoms with Crippen molar-refractivity contribution in [1.29, 1.82) is 0 Å². The Labute approximate surface area is 308 Å². The number of unbranched alkanes of at least 4 members (excludes halogenated alkanes) is 2. The first kappa shape index (κ1) is 45.4. The number of hydrogen-bond donors (Lipinski definition) is 13. The van der Waals surface area contributed by atoms with Gasteiger partial charge in [-0.2, -0.15) is 12.6 Å². The molecule has 20 heteroatoms. The fourth-order valence-electron chi connectivity index (χ4n) is 4.80. The van der Waals surface area contributed by atoms with E-state index in [9.17, 15) is 39.0 Å². The van der Waals surface area contributed by atoms with Crippen molar-refractivity contribution >= 4 is 54.1 Å². The van der Waals surface area contributed by atoms with Crippen LogP contribution in [0.1, 0.15) is 56.9 Å². The number of nitrogens with two attached hydrogens (primary N) is 5. The number of thiol groups is 1. The number of carboxylic acids is 1. The first-order chi connectivity index (χ1) is 24.7. The molecule has 0 radical (unpaired) electrons. The Balaban J connectivity index is 3.12. The van der Waals surface area contributed by atoms with E-state index >= 15 is 0 Å². The van der Waals surface area contributed by atoms with E-state index in [1.54, 1.807) is 12.1 Å². The monoisotopic (exact) mass is 753 g/mol. The van der Waals surface area contributed by atoms with Gasteiger partial charge in [0.1, 0.15) is 29.9 Å². The van der Waals surface area contributed by atoms with Gasteiger partial charge < -0.3 is 65.5 Å². The third-order valence-corrected chi connectivity index (χ3v) is 8.10. The van der Waals surface area contributed by atoms with Gasteiger partial charge in [0.2, 0.25) is 29.5 Å². The summed E-state index contributed by atoms with van der Waals surface area (Å²) >= 11 is 4.01. The minimum Gasteiger partial charge on any atom is -0.508 e. The number of hydrogen-bond acceptors (Lipinski definition) is 12. The molecule has 0 saturated heterocycles. The van der Waals surface area contributed by atoms with E-state index in [1.165, 1.54) is 12.1 Å². The van der Waals surface area contributed by atoms with Gasteiger partial charge in [0, 0.05) is 18.7 Å². The molecule has 0 aliphatic carbocycles. The lowest BCUT2D eigenvalue weighted by atomic mass is 10.0. The molecule has 0 spiro atoms. The van der Waals surface area contributed by atoms with Gasteiger partial charge in [0.15, 0.2) is 5.96 Å².